The van der Waals surface area contributed by atoms with Gasteiger partial charge in [0, 0.05) is 18.3 Å². The fourth-order valence-corrected chi connectivity index (χ4v) is 1.77. The van der Waals surface area contributed by atoms with Crippen LogP contribution < -0.4 is 10.1 Å². The molecule has 4 heteroatoms. The molecular formula is C14H25N3O. The standard InChI is InChI=1S/C14H25N3O/c1-6-11(4)9-12(5)16-14-15-8-7-13(17-14)18-10(2)3/h7-8,10-12H,6,9H2,1-5H3,(H,15,16,17). The molecule has 0 aromatic carbocycles. The molecule has 1 aromatic rings. The monoisotopic (exact) mass is 251 g/mol. The fourth-order valence-electron chi connectivity index (χ4n) is 1.77. The molecule has 0 aliphatic heterocycles. The summed E-state index contributed by atoms with van der Waals surface area (Å²) in [6.45, 7) is 10.6. The maximum Gasteiger partial charge on any atom is 0.226 e. The van der Waals surface area contributed by atoms with Crippen LogP contribution in [0.4, 0.5) is 5.95 Å². The first kappa shape index (κ1) is 14.7. The smallest absolute Gasteiger partial charge is 0.226 e. The summed E-state index contributed by atoms with van der Waals surface area (Å²) in [5, 5.41) is 3.32. The molecule has 1 rings (SSSR count). The van der Waals surface area contributed by atoms with Crippen LogP contribution >= 0.6 is 0 Å². The second-order valence-electron chi connectivity index (χ2n) is 5.18. The van der Waals surface area contributed by atoms with E-state index in [0.29, 0.717) is 23.8 Å². The molecule has 0 radical (unpaired) electrons. The van der Waals surface area contributed by atoms with Crippen LogP contribution in [0.1, 0.15) is 47.5 Å². The van der Waals surface area contributed by atoms with Crippen molar-refractivity contribution >= 4 is 5.95 Å². The first-order valence-electron chi connectivity index (χ1n) is 6.77. The van der Waals surface area contributed by atoms with Gasteiger partial charge in [-0.05, 0) is 33.1 Å². The van der Waals surface area contributed by atoms with Crippen molar-refractivity contribution in [1.82, 2.24) is 9.97 Å². The number of nitrogens with zero attached hydrogens (tertiary/aromatic N) is 2. The Morgan fingerprint density at radius 1 is 1.28 bits per heavy atom. The summed E-state index contributed by atoms with van der Waals surface area (Å²) in [6.07, 6.45) is 4.17. The zero-order chi connectivity index (χ0) is 13.5. The normalized spacial score (nSPS) is 14.3. The third-order valence-electron chi connectivity index (χ3n) is 2.81. The quantitative estimate of drug-likeness (QED) is 0.805. The Hall–Kier alpha value is -1.32. The van der Waals surface area contributed by atoms with Gasteiger partial charge < -0.3 is 10.1 Å². The lowest BCUT2D eigenvalue weighted by Crippen LogP contribution is -2.20. The van der Waals surface area contributed by atoms with Gasteiger partial charge in [-0.15, -0.1) is 0 Å². The van der Waals surface area contributed by atoms with E-state index in [4.69, 9.17) is 4.74 Å². The van der Waals surface area contributed by atoms with Gasteiger partial charge >= 0.3 is 0 Å². The van der Waals surface area contributed by atoms with Gasteiger partial charge in [0.05, 0.1) is 6.10 Å². The van der Waals surface area contributed by atoms with E-state index in [0.717, 1.165) is 6.42 Å². The van der Waals surface area contributed by atoms with Crippen LogP contribution in [0.3, 0.4) is 0 Å². The van der Waals surface area contributed by atoms with Gasteiger partial charge in [-0.3, -0.25) is 0 Å². The van der Waals surface area contributed by atoms with Crippen molar-refractivity contribution in [3.05, 3.63) is 12.3 Å². The Kier molecular flexibility index (Phi) is 5.89. The van der Waals surface area contributed by atoms with Gasteiger partial charge in [0.2, 0.25) is 11.8 Å². The second kappa shape index (κ2) is 7.19. The van der Waals surface area contributed by atoms with Crippen LogP contribution in [0.2, 0.25) is 0 Å². The molecule has 1 N–H and O–H groups in total. The molecule has 2 unspecified atom stereocenters. The summed E-state index contributed by atoms with van der Waals surface area (Å²) in [4.78, 5) is 8.56. The largest absolute Gasteiger partial charge is 0.475 e. The minimum absolute atomic E-state index is 0.130. The van der Waals surface area contributed by atoms with Crippen molar-refractivity contribution in [3.63, 3.8) is 0 Å². The number of hydrogen-bond acceptors (Lipinski definition) is 4. The molecule has 0 spiro atoms. The van der Waals surface area contributed by atoms with Crippen molar-refractivity contribution < 1.29 is 4.74 Å². The van der Waals surface area contributed by atoms with E-state index in [-0.39, 0.29) is 6.10 Å². The van der Waals surface area contributed by atoms with Gasteiger partial charge in [0.1, 0.15) is 0 Å². The summed E-state index contributed by atoms with van der Waals surface area (Å²) in [7, 11) is 0. The summed E-state index contributed by atoms with van der Waals surface area (Å²) >= 11 is 0. The predicted octanol–water partition coefficient (Wildman–Crippen LogP) is 3.50. The summed E-state index contributed by atoms with van der Waals surface area (Å²) in [5.41, 5.74) is 0. The van der Waals surface area contributed by atoms with E-state index in [1.54, 1.807) is 12.3 Å². The van der Waals surface area contributed by atoms with Crippen molar-refractivity contribution in [3.8, 4) is 5.88 Å². The van der Waals surface area contributed by atoms with Crippen molar-refractivity contribution in [2.24, 2.45) is 5.92 Å². The molecule has 4 nitrogen and oxygen atoms in total. The maximum atomic E-state index is 5.55. The number of anilines is 1. The lowest BCUT2D eigenvalue weighted by molar-refractivity contribution is 0.232. The van der Waals surface area contributed by atoms with Gasteiger partial charge in [-0.25, -0.2) is 4.98 Å². The molecule has 0 aliphatic rings. The topological polar surface area (TPSA) is 47.0 Å². The number of aromatic nitrogens is 2. The van der Waals surface area contributed by atoms with Crippen molar-refractivity contribution in [1.29, 1.82) is 0 Å². The van der Waals surface area contributed by atoms with Crippen LogP contribution in [0.25, 0.3) is 0 Å². The van der Waals surface area contributed by atoms with Crippen molar-refractivity contribution in [2.45, 2.75) is 59.6 Å². The van der Waals surface area contributed by atoms with Crippen LogP contribution in [0.5, 0.6) is 5.88 Å². The Morgan fingerprint density at radius 2 is 2.00 bits per heavy atom. The Labute approximate surface area is 110 Å². The summed E-state index contributed by atoms with van der Waals surface area (Å²) < 4.78 is 5.55. The van der Waals surface area contributed by atoms with E-state index in [1.165, 1.54) is 6.42 Å². The van der Waals surface area contributed by atoms with Crippen LogP contribution in [0, 0.1) is 5.92 Å². The molecule has 18 heavy (non-hydrogen) atoms. The molecule has 0 saturated carbocycles. The van der Waals surface area contributed by atoms with Crippen molar-refractivity contribution in [2.75, 3.05) is 5.32 Å². The third kappa shape index (κ3) is 5.34. The average Bonchev–Trinajstić information content (AvgIpc) is 2.28. The van der Waals surface area contributed by atoms with E-state index >= 15 is 0 Å². The lowest BCUT2D eigenvalue weighted by atomic mass is 10.0. The molecular weight excluding hydrogens is 226 g/mol. The van der Waals surface area contributed by atoms with E-state index in [9.17, 15) is 0 Å². The van der Waals surface area contributed by atoms with Gasteiger partial charge in [-0.1, -0.05) is 20.3 Å². The zero-order valence-corrected chi connectivity index (χ0v) is 12.1. The van der Waals surface area contributed by atoms with E-state index < -0.39 is 0 Å². The molecule has 0 amide bonds. The highest BCUT2D eigenvalue weighted by Crippen LogP contribution is 2.14. The average molecular weight is 251 g/mol. The number of ether oxygens (including phenoxy) is 1. The Morgan fingerprint density at radius 3 is 2.61 bits per heavy atom. The molecule has 102 valence electrons. The maximum absolute atomic E-state index is 5.55. The highest BCUT2D eigenvalue weighted by atomic mass is 16.5. The third-order valence-corrected chi connectivity index (χ3v) is 2.81. The molecule has 1 heterocycles. The predicted molar refractivity (Wildman–Crippen MR) is 75.0 cm³/mol. The zero-order valence-electron chi connectivity index (χ0n) is 12.1. The SMILES string of the molecule is CCC(C)CC(C)Nc1nccc(OC(C)C)n1. The molecule has 1 aromatic heterocycles. The molecule has 0 saturated heterocycles. The van der Waals surface area contributed by atoms with E-state index in [2.05, 4.69) is 36.1 Å². The first-order chi connectivity index (χ1) is 8.51. The fraction of sp³-hybridized carbons (Fsp3) is 0.714. The van der Waals surface area contributed by atoms with Gasteiger partial charge in [0.15, 0.2) is 0 Å². The van der Waals surface area contributed by atoms with Crippen LogP contribution in [0.15, 0.2) is 12.3 Å². The van der Waals surface area contributed by atoms with E-state index in [1.807, 2.05) is 13.8 Å². The van der Waals surface area contributed by atoms with Crippen LogP contribution in [-0.2, 0) is 0 Å². The van der Waals surface area contributed by atoms with Crippen LogP contribution in [-0.4, -0.2) is 22.1 Å². The van der Waals surface area contributed by atoms with Gasteiger partial charge in [0.25, 0.3) is 0 Å². The molecule has 2 atom stereocenters. The minimum Gasteiger partial charge on any atom is -0.475 e. The Bertz CT molecular complexity index is 355. The minimum atomic E-state index is 0.130. The number of nitrogens with one attached hydrogen (secondary N) is 1. The lowest BCUT2D eigenvalue weighted by Gasteiger charge is -2.17. The molecule has 0 bridgehead atoms. The first-order valence-corrected chi connectivity index (χ1v) is 6.77. The highest BCUT2D eigenvalue weighted by Gasteiger charge is 2.09. The number of rotatable bonds is 7. The summed E-state index contributed by atoms with van der Waals surface area (Å²) in [5.74, 6) is 1.98. The summed E-state index contributed by atoms with van der Waals surface area (Å²) in [6, 6.07) is 2.15. The second-order valence-corrected chi connectivity index (χ2v) is 5.18. The highest BCUT2D eigenvalue weighted by molar-refractivity contribution is 5.28. The van der Waals surface area contributed by atoms with Gasteiger partial charge in [-0.2, -0.15) is 4.98 Å². The molecule has 0 aliphatic carbocycles. The number of hydrogen-bond donors (Lipinski definition) is 1. The molecule has 0 fully saturated rings. The Balaban J connectivity index is 2.56.